The van der Waals surface area contributed by atoms with Gasteiger partial charge in [-0.05, 0) is 31.7 Å². The number of methoxy groups -OCH3 is 1. The molecule has 2 fully saturated rings. The van der Waals surface area contributed by atoms with E-state index in [2.05, 4.69) is 66.7 Å². The highest BCUT2D eigenvalue weighted by Crippen LogP contribution is 2.60. The summed E-state index contributed by atoms with van der Waals surface area (Å²) in [5.41, 5.74) is 0.905. The van der Waals surface area contributed by atoms with E-state index in [9.17, 15) is 19.2 Å². The predicted octanol–water partition coefficient (Wildman–Crippen LogP) is 2.87. The van der Waals surface area contributed by atoms with Crippen molar-refractivity contribution in [1.82, 2.24) is 30.5 Å². The Hall–Kier alpha value is -2.45. The van der Waals surface area contributed by atoms with Gasteiger partial charge in [0, 0.05) is 11.2 Å². The van der Waals surface area contributed by atoms with E-state index in [1.165, 1.54) is 13.3 Å². The van der Waals surface area contributed by atoms with Gasteiger partial charge in [-0.1, -0.05) is 81.3 Å². The molecule has 2 aliphatic heterocycles. The minimum Gasteiger partial charge on any atom is -0.467 e. The number of esters is 1. The fraction of sp³-hybridized carbons (Fsp3) is 0.556. The third-order valence-corrected chi connectivity index (χ3v) is 11.0. The number of halogens is 2. The molecule has 1 aromatic heterocycles. The Labute approximate surface area is 260 Å². The lowest BCUT2D eigenvalue weighted by atomic mass is 9.98. The summed E-state index contributed by atoms with van der Waals surface area (Å²) in [6.07, 6.45) is 2.11. The van der Waals surface area contributed by atoms with E-state index in [4.69, 9.17) is 4.74 Å². The molecule has 2 aromatic rings. The summed E-state index contributed by atoms with van der Waals surface area (Å²) in [4.78, 5) is 53.5. The second-order valence-corrected chi connectivity index (χ2v) is 16.5. The number of carbonyl (C=O) groups excluding carboxylic acids is 4. The van der Waals surface area contributed by atoms with E-state index in [1.807, 2.05) is 49.1 Å². The van der Waals surface area contributed by atoms with Gasteiger partial charge in [0.25, 0.3) is 11.8 Å². The Kier molecular flexibility index (Phi) is 9.54. The number of carbonyl (C=O) groups is 4. The van der Waals surface area contributed by atoms with Gasteiger partial charge in [0.05, 0.1) is 25.9 Å². The zero-order valence-corrected chi connectivity index (χ0v) is 27.5. The molecule has 0 bridgehead atoms. The number of amides is 3. The van der Waals surface area contributed by atoms with Crippen LogP contribution in [0, 0.1) is 5.92 Å². The van der Waals surface area contributed by atoms with E-state index < -0.39 is 33.1 Å². The van der Waals surface area contributed by atoms with Crippen LogP contribution in [0.5, 0.6) is 0 Å². The highest BCUT2D eigenvalue weighted by molar-refractivity contribution is 9.26. The molecule has 11 nitrogen and oxygen atoms in total. The van der Waals surface area contributed by atoms with Gasteiger partial charge in [-0.3, -0.25) is 14.4 Å². The van der Waals surface area contributed by atoms with Crippen LogP contribution < -0.4 is 10.6 Å². The van der Waals surface area contributed by atoms with Gasteiger partial charge >= 0.3 is 5.97 Å². The van der Waals surface area contributed by atoms with Crippen molar-refractivity contribution in [2.75, 3.05) is 7.11 Å². The lowest BCUT2D eigenvalue weighted by Gasteiger charge is -2.47. The number of β-lactam (4-membered cyclic amide) rings is 1. The number of fused-ring (bicyclic) bond motifs is 1. The maximum atomic E-state index is 13.3. The lowest BCUT2D eigenvalue weighted by molar-refractivity contribution is -0.145. The third-order valence-electron chi connectivity index (χ3n) is 7.18. The van der Waals surface area contributed by atoms with Gasteiger partial charge in [-0.2, -0.15) is 0 Å². The first-order chi connectivity index (χ1) is 19.2. The highest BCUT2D eigenvalue weighted by atomic mass is 79.9. The van der Waals surface area contributed by atoms with Crippen molar-refractivity contribution in [3.05, 3.63) is 47.8 Å². The quantitative estimate of drug-likeness (QED) is 0.206. The van der Waals surface area contributed by atoms with Gasteiger partial charge in [0.1, 0.15) is 17.5 Å². The summed E-state index contributed by atoms with van der Waals surface area (Å²) in [6.45, 7) is 8.37. The fourth-order valence-electron chi connectivity index (χ4n) is 5.00. The molecule has 2 saturated heterocycles. The number of rotatable bonds is 11. The second kappa shape index (κ2) is 12.4. The van der Waals surface area contributed by atoms with Crippen molar-refractivity contribution in [2.45, 2.75) is 78.6 Å². The average Bonchev–Trinajstić information content (AvgIpc) is 3.49. The molecule has 0 unspecified atom stereocenters. The van der Waals surface area contributed by atoms with Crippen molar-refractivity contribution in [1.29, 1.82) is 0 Å². The second-order valence-electron chi connectivity index (χ2n) is 11.2. The summed E-state index contributed by atoms with van der Waals surface area (Å²) < 4.78 is 5.43. The number of hydrogen-bond donors (Lipinski definition) is 2. The van der Waals surface area contributed by atoms with Crippen LogP contribution in [0.3, 0.4) is 0 Å². The molecule has 41 heavy (non-hydrogen) atoms. The van der Waals surface area contributed by atoms with Gasteiger partial charge in [-0.25, -0.2) is 9.48 Å². The first-order valence-electron chi connectivity index (χ1n) is 13.3. The van der Waals surface area contributed by atoms with Crippen molar-refractivity contribution >= 4 is 67.3 Å². The van der Waals surface area contributed by atoms with Crippen LogP contribution in [0.15, 0.2) is 36.5 Å². The Morgan fingerprint density at radius 2 is 1.80 bits per heavy atom. The number of nitrogens with one attached hydrogen (secondary N) is 2. The van der Waals surface area contributed by atoms with Crippen LogP contribution in [0.4, 0.5) is 0 Å². The van der Waals surface area contributed by atoms with Crippen LogP contribution in [0.2, 0.25) is 0 Å². The van der Waals surface area contributed by atoms with E-state index in [0.29, 0.717) is 13.0 Å². The zero-order chi connectivity index (χ0) is 30.1. The van der Waals surface area contributed by atoms with E-state index in [0.717, 1.165) is 5.56 Å². The molecule has 0 saturated carbocycles. The van der Waals surface area contributed by atoms with E-state index in [1.54, 1.807) is 16.4 Å². The Bertz CT molecular complexity index is 1300. The Balaban J connectivity index is 1.43. The molecule has 4 rings (SSSR count). The fourth-order valence-corrected chi connectivity index (χ4v) is 7.94. The smallest absolute Gasteiger partial charge is 0.328 e. The maximum Gasteiger partial charge on any atom is 0.328 e. The molecular weight excluding hydrogens is 680 g/mol. The topological polar surface area (TPSA) is 136 Å². The van der Waals surface area contributed by atoms with Gasteiger partial charge < -0.3 is 20.3 Å². The molecule has 0 radical (unpaired) electrons. The average molecular weight is 714 g/mol. The number of benzene rings is 1. The number of nitrogens with zero attached hydrogens (tertiary/aromatic N) is 4. The minimum atomic E-state index is -0.916. The largest absolute Gasteiger partial charge is 0.467 e. The zero-order valence-electron chi connectivity index (χ0n) is 23.5. The van der Waals surface area contributed by atoms with Crippen molar-refractivity contribution in [2.24, 2.45) is 5.92 Å². The Morgan fingerprint density at radius 1 is 1.12 bits per heavy atom. The molecule has 2 aliphatic rings. The van der Waals surface area contributed by atoms with Gasteiger partial charge in [0.2, 0.25) is 5.91 Å². The predicted molar refractivity (Wildman–Crippen MR) is 162 cm³/mol. The van der Waals surface area contributed by atoms with Crippen LogP contribution in [0.1, 0.15) is 50.2 Å². The molecule has 14 heteroatoms. The summed E-state index contributed by atoms with van der Waals surface area (Å²) in [5.74, 6) is -1.61. The third kappa shape index (κ3) is 6.80. The molecule has 3 heterocycles. The van der Waals surface area contributed by atoms with Crippen LogP contribution in [-0.4, -0.2) is 82.2 Å². The molecule has 4 atom stereocenters. The summed E-state index contributed by atoms with van der Waals surface area (Å²) in [6, 6.07) is 7.30. The van der Waals surface area contributed by atoms with Crippen LogP contribution in [-0.2, 0) is 32.1 Å². The number of aromatic nitrogens is 3. The van der Waals surface area contributed by atoms with Gasteiger partial charge in [-0.15, -0.1) is 16.9 Å². The number of ether oxygens (including phenoxy) is 1. The number of thioether (sulfide) groups is 1. The van der Waals surface area contributed by atoms with Crippen molar-refractivity contribution < 1.29 is 23.9 Å². The summed E-state index contributed by atoms with van der Waals surface area (Å²) >= 11 is 8.64. The lowest BCUT2D eigenvalue weighted by Crippen LogP contribution is -2.67. The highest BCUT2D eigenvalue weighted by Gasteiger charge is 2.68. The number of hydrogen-bond acceptors (Lipinski definition) is 8. The summed E-state index contributed by atoms with van der Waals surface area (Å²) in [7, 11) is 1.27. The van der Waals surface area contributed by atoms with Crippen molar-refractivity contribution in [3.63, 3.8) is 0 Å². The van der Waals surface area contributed by atoms with Gasteiger partial charge in [0.15, 0.2) is 8.93 Å². The van der Waals surface area contributed by atoms with Crippen molar-refractivity contribution in [3.8, 4) is 0 Å². The molecule has 2 N–H and O–H groups in total. The maximum absolute atomic E-state index is 13.3. The van der Waals surface area contributed by atoms with E-state index in [-0.39, 0.29) is 40.1 Å². The van der Waals surface area contributed by atoms with Crippen LogP contribution in [0.25, 0.3) is 0 Å². The molecule has 3 amide bonds. The standard InChI is InChI=1S/C27H34Br2N6O5S/c1-15(2)11-17(21(36)31-18(23(38)40-5)12-16-9-7-6-8-10-16)30-22(37)19-13-34(33-32-19)14-20-26(3,4)41-25-27(28,29)24(39)35(20)25/h6-10,13,15,17-18,20,25H,11-12,14H2,1-5H3,(H,30,37)(H,31,36)/t17-,18-,20-,25+/m0/s1. The SMILES string of the molecule is COC(=O)[C@H](Cc1ccccc1)NC(=O)[C@H](CC(C)C)NC(=O)c1cn(C[C@@H]2N3C(=O)C(Br)(Br)[C@H]3SC2(C)C)nn1. The molecule has 0 aliphatic carbocycles. The molecule has 1 aromatic carbocycles. The molecule has 0 spiro atoms. The molecule has 222 valence electrons. The Morgan fingerprint density at radius 3 is 2.44 bits per heavy atom. The monoisotopic (exact) mass is 712 g/mol. The van der Waals surface area contributed by atoms with Crippen LogP contribution >= 0.6 is 43.6 Å². The number of alkyl halides is 2. The van der Waals surface area contributed by atoms with E-state index >= 15 is 0 Å². The first kappa shape index (κ1) is 31.5. The first-order valence-corrected chi connectivity index (χ1v) is 15.7. The molecular formula is C27H34Br2N6O5S. The normalized spacial score (nSPS) is 22.0. The minimum absolute atomic E-state index is 0.0469. The summed E-state index contributed by atoms with van der Waals surface area (Å²) in [5, 5.41) is 13.6.